The number of amides is 2. The van der Waals surface area contributed by atoms with Gasteiger partial charge in [0.05, 0.1) is 18.3 Å². The summed E-state index contributed by atoms with van der Waals surface area (Å²) in [4.78, 5) is 31.8. The largest absolute Gasteiger partial charge is 0.391 e. The smallest absolute Gasteiger partial charge is 0.319 e. The SMILES string of the molecule is CC(C)(C)[C@@H](C(=O)N1C[C@H](O)C[C@H]1C(=O)NCc1nccn1C(F)F)n1cc(C2CC2)nn1. The molecule has 0 aromatic carbocycles. The molecule has 2 aromatic rings. The first-order valence-electron chi connectivity index (χ1n) is 11.0. The van der Waals surface area contributed by atoms with Crippen LogP contribution in [0.3, 0.4) is 0 Å². The van der Waals surface area contributed by atoms with Crippen molar-refractivity contribution in [2.45, 2.75) is 77.2 Å². The van der Waals surface area contributed by atoms with Crippen molar-refractivity contribution in [3.8, 4) is 0 Å². The van der Waals surface area contributed by atoms with Gasteiger partial charge in [0.25, 0.3) is 0 Å². The third-order valence-corrected chi connectivity index (χ3v) is 6.09. The number of carbonyl (C=O) groups excluding carboxylic acids is 2. The van der Waals surface area contributed by atoms with E-state index in [1.807, 2.05) is 20.8 Å². The van der Waals surface area contributed by atoms with Gasteiger partial charge in [-0.2, -0.15) is 8.78 Å². The average molecular weight is 466 g/mol. The van der Waals surface area contributed by atoms with Crippen molar-refractivity contribution in [2.75, 3.05) is 6.54 Å². The number of hydrogen-bond donors (Lipinski definition) is 2. The molecule has 180 valence electrons. The standard InChI is InChI=1S/C21H29F2N7O3/c1-21(2,3)17(30-11-14(26-27-30)12-4-5-12)19(33)29-10-13(31)8-15(29)18(32)25-9-16-24-6-7-28(16)20(22)23/h6-7,11-13,15,17,20,31H,4-5,8-10H2,1-3H3,(H,25,32)/t13-,15+,17-/m1/s1. The van der Waals surface area contributed by atoms with Crippen molar-refractivity contribution in [3.05, 3.63) is 30.1 Å². The molecule has 0 radical (unpaired) electrons. The van der Waals surface area contributed by atoms with E-state index in [0.717, 1.165) is 24.7 Å². The van der Waals surface area contributed by atoms with Gasteiger partial charge in [0.1, 0.15) is 17.9 Å². The van der Waals surface area contributed by atoms with E-state index in [2.05, 4.69) is 20.6 Å². The molecule has 2 amide bonds. The molecule has 1 aliphatic heterocycles. The van der Waals surface area contributed by atoms with E-state index < -0.39 is 36.1 Å². The van der Waals surface area contributed by atoms with Gasteiger partial charge < -0.3 is 15.3 Å². The number of aromatic nitrogens is 5. The predicted molar refractivity (Wildman–Crippen MR) is 112 cm³/mol. The highest BCUT2D eigenvalue weighted by molar-refractivity contribution is 5.90. The lowest BCUT2D eigenvalue weighted by atomic mass is 9.85. The molecule has 0 bridgehead atoms. The minimum atomic E-state index is -2.78. The van der Waals surface area contributed by atoms with E-state index in [4.69, 9.17) is 0 Å². The fourth-order valence-corrected chi connectivity index (χ4v) is 4.27. The van der Waals surface area contributed by atoms with Crippen molar-refractivity contribution in [2.24, 2.45) is 5.41 Å². The Balaban J connectivity index is 1.51. The van der Waals surface area contributed by atoms with Gasteiger partial charge in [-0.1, -0.05) is 26.0 Å². The van der Waals surface area contributed by atoms with E-state index in [0.29, 0.717) is 10.5 Å². The topological polar surface area (TPSA) is 118 Å². The summed E-state index contributed by atoms with van der Waals surface area (Å²) in [6, 6.07) is -1.66. The minimum absolute atomic E-state index is 0.000654. The molecule has 2 aromatic heterocycles. The summed E-state index contributed by atoms with van der Waals surface area (Å²) in [5, 5.41) is 21.2. The molecular weight excluding hydrogens is 436 g/mol. The van der Waals surface area contributed by atoms with Gasteiger partial charge in [-0.15, -0.1) is 5.10 Å². The van der Waals surface area contributed by atoms with E-state index >= 15 is 0 Å². The van der Waals surface area contributed by atoms with Crippen LogP contribution in [0.5, 0.6) is 0 Å². The lowest BCUT2D eigenvalue weighted by Crippen LogP contribution is -2.50. The number of rotatable bonds is 7. The highest BCUT2D eigenvalue weighted by Gasteiger charge is 2.45. The third kappa shape index (κ3) is 4.90. The first-order valence-corrected chi connectivity index (χ1v) is 11.0. The number of halogens is 2. The van der Waals surface area contributed by atoms with Crippen LogP contribution in [-0.2, 0) is 16.1 Å². The zero-order chi connectivity index (χ0) is 23.9. The molecule has 4 rings (SSSR count). The van der Waals surface area contributed by atoms with Crippen molar-refractivity contribution in [1.82, 2.24) is 34.8 Å². The summed E-state index contributed by atoms with van der Waals surface area (Å²) in [6.07, 6.45) is 5.44. The maximum atomic E-state index is 13.7. The maximum absolute atomic E-state index is 13.7. The van der Waals surface area contributed by atoms with Crippen molar-refractivity contribution >= 4 is 11.8 Å². The van der Waals surface area contributed by atoms with Crippen LogP contribution in [0.15, 0.2) is 18.6 Å². The van der Waals surface area contributed by atoms with Gasteiger partial charge in [-0.05, 0) is 18.3 Å². The Morgan fingerprint density at radius 3 is 2.67 bits per heavy atom. The maximum Gasteiger partial charge on any atom is 0.319 e. The average Bonchev–Trinajstić information content (AvgIpc) is 3.13. The number of nitrogens with one attached hydrogen (secondary N) is 1. The number of aliphatic hydroxyl groups is 1. The molecule has 1 aliphatic carbocycles. The summed E-state index contributed by atoms with van der Waals surface area (Å²) < 4.78 is 28.3. The fourth-order valence-electron chi connectivity index (χ4n) is 4.27. The van der Waals surface area contributed by atoms with Crippen molar-refractivity contribution in [3.63, 3.8) is 0 Å². The molecule has 0 unspecified atom stereocenters. The lowest BCUT2D eigenvalue weighted by Gasteiger charge is -2.34. The van der Waals surface area contributed by atoms with Gasteiger partial charge in [0.15, 0.2) is 0 Å². The van der Waals surface area contributed by atoms with Gasteiger partial charge in [0, 0.05) is 37.5 Å². The molecule has 12 heteroatoms. The molecule has 0 spiro atoms. The second kappa shape index (κ2) is 8.81. The number of alkyl halides is 2. The van der Waals surface area contributed by atoms with Crippen LogP contribution in [-0.4, -0.2) is 65.1 Å². The van der Waals surface area contributed by atoms with Crippen molar-refractivity contribution in [1.29, 1.82) is 0 Å². The third-order valence-electron chi connectivity index (χ3n) is 6.09. The Morgan fingerprint density at radius 2 is 2.03 bits per heavy atom. The summed E-state index contributed by atoms with van der Waals surface area (Å²) in [7, 11) is 0. The van der Waals surface area contributed by atoms with Gasteiger partial charge in [-0.3, -0.25) is 14.2 Å². The summed E-state index contributed by atoms with van der Waals surface area (Å²) in [5.41, 5.74) is 0.310. The first kappa shape index (κ1) is 23.3. The lowest BCUT2D eigenvalue weighted by molar-refractivity contribution is -0.144. The molecule has 2 N–H and O–H groups in total. The van der Waals surface area contributed by atoms with Crippen LogP contribution in [0, 0.1) is 5.41 Å². The number of β-amino-alcohol motifs (C(OH)–C–C–N with tert-alkyl or cyclic N) is 1. The van der Waals surface area contributed by atoms with Crippen LogP contribution in [0.4, 0.5) is 8.78 Å². The second-order valence-electron chi connectivity index (χ2n) is 9.81. The highest BCUT2D eigenvalue weighted by atomic mass is 19.3. The molecule has 33 heavy (non-hydrogen) atoms. The van der Waals surface area contributed by atoms with Gasteiger partial charge in [0.2, 0.25) is 11.8 Å². The van der Waals surface area contributed by atoms with Crippen LogP contribution in [0.1, 0.15) is 70.1 Å². The Kier molecular flexibility index (Phi) is 6.21. The molecule has 1 saturated heterocycles. The second-order valence-corrected chi connectivity index (χ2v) is 9.81. The normalized spacial score (nSPS) is 22.1. The molecule has 1 saturated carbocycles. The van der Waals surface area contributed by atoms with Gasteiger partial charge >= 0.3 is 6.55 Å². The van der Waals surface area contributed by atoms with Crippen molar-refractivity contribution < 1.29 is 23.5 Å². The number of aliphatic hydroxyl groups excluding tert-OH is 1. The summed E-state index contributed by atoms with van der Waals surface area (Å²) >= 11 is 0. The van der Waals surface area contributed by atoms with E-state index in [9.17, 15) is 23.5 Å². The monoisotopic (exact) mass is 465 g/mol. The minimum Gasteiger partial charge on any atom is -0.391 e. The Labute approximate surface area is 190 Å². The van der Waals surface area contributed by atoms with E-state index in [1.54, 1.807) is 10.9 Å². The predicted octanol–water partition coefficient (Wildman–Crippen LogP) is 1.61. The molecule has 10 nitrogen and oxygen atoms in total. The Hall–Kier alpha value is -2.89. The molecule has 2 fully saturated rings. The number of nitrogens with zero attached hydrogens (tertiary/aromatic N) is 6. The Morgan fingerprint density at radius 1 is 1.30 bits per heavy atom. The number of carbonyl (C=O) groups is 2. The molecule has 3 atom stereocenters. The number of hydrogen-bond acceptors (Lipinski definition) is 6. The molecular formula is C21H29F2N7O3. The summed E-state index contributed by atoms with van der Waals surface area (Å²) in [6.45, 7) is 2.71. The first-order chi connectivity index (χ1) is 15.6. The van der Waals surface area contributed by atoms with Gasteiger partial charge in [-0.25, -0.2) is 9.67 Å². The number of likely N-dealkylation sites (tertiary alicyclic amines) is 1. The van der Waals surface area contributed by atoms with E-state index in [-0.39, 0.29) is 31.2 Å². The highest BCUT2D eigenvalue weighted by Crippen LogP contribution is 2.40. The van der Waals surface area contributed by atoms with Crippen LogP contribution in [0.25, 0.3) is 0 Å². The molecule has 3 heterocycles. The Bertz CT molecular complexity index is 1010. The quantitative estimate of drug-likeness (QED) is 0.642. The van der Waals surface area contributed by atoms with Crippen LogP contribution in [0.2, 0.25) is 0 Å². The van der Waals surface area contributed by atoms with Crippen LogP contribution < -0.4 is 5.32 Å². The zero-order valence-corrected chi connectivity index (χ0v) is 18.9. The van der Waals surface area contributed by atoms with Crippen LogP contribution >= 0.6 is 0 Å². The summed E-state index contributed by atoms with van der Waals surface area (Å²) in [5.74, 6) is -0.505. The molecule has 2 aliphatic rings. The fraction of sp³-hybridized carbons (Fsp3) is 0.667. The zero-order valence-electron chi connectivity index (χ0n) is 18.9. The van der Waals surface area contributed by atoms with E-state index in [1.165, 1.54) is 11.1 Å². The number of imidazole rings is 1.